The predicted octanol–water partition coefficient (Wildman–Crippen LogP) is 2.25. The fraction of sp³-hybridized carbons (Fsp3) is 0.722. The molecule has 1 saturated carbocycles. The Morgan fingerprint density at radius 3 is 2.80 bits per heavy atom. The van der Waals surface area contributed by atoms with Gasteiger partial charge in [0.05, 0.1) is 30.3 Å². The van der Waals surface area contributed by atoms with E-state index in [-0.39, 0.29) is 17.0 Å². The molecule has 2 fully saturated rings. The van der Waals surface area contributed by atoms with Crippen LogP contribution in [0, 0.1) is 5.92 Å². The van der Waals surface area contributed by atoms with Crippen LogP contribution in [0.15, 0.2) is 23.5 Å². The molecule has 1 aliphatic carbocycles. The second kappa shape index (κ2) is 7.60. The van der Waals surface area contributed by atoms with E-state index in [0.717, 1.165) is 50.1 Å². The molecule has 0 spiro atoms. The largest absolute Gasteiger partial charge is 0.376 e. The molecule has 25 heavy (non-hydrogen) atoms. The van der Waals surface area contributed by atoms with Gasteiger partial charge in [-0.1, -0.05) is 12.2 Å². The van der Waals surface area contributed by atoms with Crippen molar-refractivity contribution in [1.29, 1.82) is 0 Å². The Morgan fingerprint density at radius 1 is 1.44 bits per heavy atom. The Balaban J connectivity index is 1.84. The maximum Gasteiger partial charge on any atom is 0.227 e. The lowest BCUT2D eigenvalue weighted by atomic mass is 10.2. The molecule has 1 aliphatic heterocycles. The number of rotatable bonds is 9. The summed E-state index contributed by atoms with van der Waals surface area (Å²) >= 11 is 0. The number of ether oxygens (including phenoxy) is 1. The zero-order chi connectivity index (χ0) is 18.0. The van der Waals surface area contributed by atoms with Crippen LogP contribution in [0.4, 0.5) is 0 Å². The Bertz CT molecular complexity index is 716. The normalized spacial score (nSPS) is 21.2. The first kappa shape index (κ1) is 18.6. The fourth-order valence-corrected chi connectivity index (χ4v) is 5.26. The summed E-state index contributed by atoms with van der Waals surface area (Å²) in [6.07, 6.45) is 5.83. The molecular formula is C18H29N3O3S. The van der Waals surface area contributed by atoms with Gasteiger partial charge < -0.3 is 9.30 Å². The molecule has 0 unspecified atom stereocenters. The Kier molecular flexibility index (Phi) is 5.65. The van der Waals surface area contributed by atoms with E-state index in [2.05, 4.69) is 16.5 Å². The molecule has 0 amide bonds. The van der Waals surface area contributed by atoms with Crippen molar-refractivity contribution in [3.05, 3.63) is 24.0 Å². The summed E-state index contributed by atoms with van der Waals surface area (Å²) in [6.45, 7) is 8.68. The molecule has 0 N–H and O–H groups in total. The number of imidazole rings is 1. The van der Waals surface area contributed by atoms with Gasteiger partial charge in [0.15, 0.2) is 0 Å². The average Bonchev–Trinajstić information content (AvgIpc) is 3.00. The van der Waals surface area contributed by atoms with Crippen LogP contribution in [-0.4, -0.2) is 54.9 Å². The highest BCUT2D eigenvalue weighted by Crippen LogP contribution is 2.32. The monoisotopic (exact) mass is 367 g/mol. The fourth-order valence-electron chi connectivity index (χ4n) is 3.42. The summed E-state index contributed by atoms with van der Waals surface area (Å²) < 4.78 is 33.2. The number of hydrogen-bond donors (Lipinski definition) is 0. The lowest BCUT2D eigenvalue weighted by molar-refractivity contribution is 0.0935. The molecule has 2 aliphatic rings. The maximum absolute atomic E-state index is 12.8. The lowest BCUT2D eigenvalue weighted by Gasteiger charge is -2.20. The van der Waals surface area contributed by atoms with Gasteiger partial charge in [0, 0.05) is 19.7 Å². The highest BCUT2D eigenvalue weighted by atomic mass is 32.2. The quantitative estimate of drug-likeness (QED) is 0.627. The Labute approximate surface area is 150 Å². The van der Waals surface area contributed by atoms with Crippen molar-refractivity contribution in [2.45, 2.75) is 57.0 Å². The number of aromatic nitrogens is 2. The van der Waals surface area contributed by atoms with Crippen molar-refractivity contribution in [1.82, 2.24) is 14.5 Å². The zero-order valence-electron chi connectivity index (χ0n) is 15.3. The highest BCUT2D eigenvalue weighted by Gasteiger charge is 2.33. The summed E-state index contributed by atoms with van der Waals surface area (Å²) in [4.78, 5) is 6.44. The summed E-state index contributed by atoms with van der Waals surface area (Å²) in [5.74, 6) is 0.531. The molecule has 7 heteroatoms. The van der Waals surface area contributed by atoms with Gasteiger partial charge in [0.25, 0.3) is 0 Å². The van der Waals surface area contributed by atoms with Crippen molar-refractivity contribution >= 4 is 9.84 Å². The van der Waals surface area contributed by atoms with Crippen LogP contribution in [-0.2, 0) is 27.7 Å². The van der Waals surface area contributed by atoms with Gasteiger partial charge >= 0.3 is 0 Å². The summed E-state index contributed by atoms with van der Waals surface area (Å²) in [5.41, 5.74) is 2.00. The van der Waals surface area contributed by atoms with Crippen LogP contribution in [0.3, 0.4) is 0 Å². The van der Waals surface area contributed by atoms with Crippen LogP contribution in [0.5, 0.6) is 0 Å². The number of nitrogens with zero attached hydrogens (tertiary/aromatic N) is 3. The van der Waals surface area contributed by atoms with Crippen LogP contribution >= 0.6 is 0 Å². The standard InChI is InChI=1S/C18H29N3O3S/c1-14(2)10-20(3)11-16-9-19-18(25(22,23)13-15-6-7-15)21(16)12-17-5-4-8-24-17/h9,15,17H,1,4-8,10-13H2,2-3H3/t17-/m1/s1. The van der Waals surface area contributed by atoms with E-state index >= 15 is 0 Å². The van der Waals surface area contributed by atoms with Crippen molar-refractivity contribution in [2.24, 2.45) is 5.92 Å². The molecule has 0 radical (unpaired) electrons. The summed E-state index contributed by atoms with van der Waals surface area (Å²) in [6, 6.07) is 0. The SMILES string of the molecule is C=C(C)CN(C)Cc1cnc(S(=O)(=O)CC2CC2)n1C[C@H]1CCCO1. The first-order chi connectivity index (χ1) is 11.8. The zero-order valence-corrected chi connectivity index (χ0v) is 16.1. The van der Waals surface area contributed by atoms with Gasteiger partial charge in [-0.25, -0.2) is 13.4 Å². The van der Waals surface area contributed by atoms with Crippen molar-refractivity contribution in [2.75, 3.05) is 26.0 Å². The van der Waals surface area contributed by atoms with E-state index in [1.54, 1.807) is 6.20 Å². The third-order valence-corrected chi connectivity index (χ3v) is 6.51. The topological polar surface area (TPSA) is 64.4 Å². The molecular weight excluding hydrogens is 338 g/mol. The van der Waals surface area contributed by atoms with Crippen LogP contribution in [0.1, 0.15) is 38.3 Å². The Hall–Kier alpha value is -1.18. The molecule has 140 valence electrons. The smallest absolute Gasteiger partial charge is 0.227 e. The third kappa shape index (κ3) is 4.92. The number of hydrogen-bond acceptors (Lipinski definition) is 5. The molecule has 0 aromatic carbocycles. The second-order valence-electron chi connectivity index (χ2n) is 7.63. The van der Waals surface area contributed by atoms with Gasteiger partial charge in [0.1, 0.15) is 0 Å². The molecule has 1 aromatic heterocycles. The summed E-state index contributed by atoms with van der Waals surface area (Å²) in [5, 5.41) is 0.216. The van der Waals surface area contributed by atoms with Gasteiger partial charge in [-0.05, 0) is 45.6 Å². The van der Waals surface area contributed by atoms with Crippen molar-refractivity contribution < 1.29 is 13.2 Å². The van der Waals surface area contributed by atoms with E-state index in [1.807, 2.05) is 18.5 Å². The van der Waals surface area contributed by atoms with Crippen LogP contribution < -0.4 is 0 Å². The molecule has 3 rings (SSSR count). The highest BCUT2D eigenvalue weighted by molar-refractivity contribution is 7.91. The summed E-state index contributed by atoms with van der Waals surface area (Å²) in [7, 11) is -1.34. The van der Waals surface area contributed by atoms with E-state index in [0.29, 0.717) is 19.0 Å². The number of sulfone groups is 1. The minimum Gasteiger partial charge on any atom is -0.376 e. The van der Waals surface area contributed by atoms with Crippen LogP contribution in [0.2, 0.25) is 0 Å². The van der Waals surface area contributed by atoms with E-state index in [9.17, 15) is 8.42 Å². The first-order valence-electron chi connectivity index (χ1n) is 9.07. The van der Waals surface area contributed by atoms with Crippen molar-refractivity contribution in [3.63, 3.8) is 0 Å². The van der Waals surface area contributed by atoms with Gasteiger partial charge in [-0.3, -0.25) is 4.90 Å². The molecule has 1 atom stereocenters. The van der Waals surface area contributed by atoms with Gasteiger partial charge in [-0.15, -0.1) is 0 Å². The molecule has 6 nitrogen and oxygen atoms in total. The minimum absolute atomic E-state index is 0.0780. The van der Waals surface area contributed by atoms with E-state index in [1.165, 1.54) is 0 Å². The second-order valence-corrected chi connectivity index (χ2v) is 9.56. The molecule has 1 saturated heterocycles. The molecule has 1 aromatic rings. The van der Waals surface area contributed by atoms with E-state index in [4.69, 9.17) is 4.74 Å². The van der Waals surface area contributed by atoms with Crippen molar-refractivity contribution in [3.8, 4) is 0 Å². The molecule has 0 bridgehead atoms. The number of likely N-dealkylation sites (N-methyl/N-ethyl adjacent to an activating group) is 1. The van der Waals surface area contributed by atoms with Gasteiger partial charge in [-0.2, -0.15) is 0 Å². The van der Waals surface area contributed by atoms with Crippen LogP contribution in [0.25, 0.3) is 0 Å². The average molecular weight is 368 g/mol. The van der Waals surface area contributed by atoms with E-state index < -0.39 is 9.84 Å². The maximum atomic E-state index is 12.8. The minimum atomic E-state index is -3.35. The van der Waals surface area contributed by atoms with Gasteiger partial charge in [0.2, 0.25) is 15.0 Å². The Morgan fingerprint density at radius 2 is 2.20 bits per heavy atom. The predicted molar refractivity (Wildman–Crippen MR) is 97.1 cm³/mol. The third-order valence-electron chi connectivity index (χ3n) is 4.71. The lowest BCUT2D eigenvalue weighted by Crippen LogP contribution is -2.26. The molecule has 2 heterocycles. The first-order valence-corrected chi connectivity index (χ1v) is 10.7.